The Hall–Kier alpha value is -1.22. The zero-order valence-corrected chi connectivity index (χ0v) is 12.0. The SMILES string of the molecule is CC1Cc2c(cccc2C2CC2N(C)C(=O)CCl)O1. The first-order valence-electron chi connectivity index (χ1n) is 6.72. The van der Waals surface area contributed by atoms with E-state index in [4.69, 9.17) is 16.3 Å². The summed E-state index contributed by atoms with van der Waals surface area (Å²) in [6.45, 7) is 2.09. The molecule has 0 saturated heterocycles. The molecule has 0 spiro atoms. The molecule has 2 aliphatic rings. The molecule has 1 aliphatic carbocycles. The van der Waals surface area contributed by atoms with Crippen LogP contribution < -0.4 is 4.74 Å². The molecule has 1 aromatic carbocycles. The van der Waals surface area contributed by atoms with Gasteiger partial charge in [0.2, 0.25) is 5.91 Å². The molecule has 0 aromatic heterocycles. The maximum Gasteiger partial charge on any atom is 0.237 e. The van der Waals surface area contributed by atoms with Crippen LogP contribution in [0.1, 0.15) is 30.4 Å². The van der Waals surface area contributed by atoms with Gasteiger partial charge in [-0.2, -0.15) is 0 Å². The van der Waals surface area contributed by atoms with Gasteiger partial charge in [-0.1, -0.05) is 12.1 Å². The lowest BCUT2D eigenvalue weighted by Crippen LogP contribution is -2.30. The van der Waals surface area contributed by atoms with E-state index in [2.05, 4.69) is 13.0 Å². The van der Waals surface area contributed by atoms with Crippen LogP contribution in [-0.4, -0.2) is 35.9 Å². The number of hydrogen-bond acceptors (Lipinski definition) is 2. The van der Waals surface area contributed by atoms with Gasteiger partial charge in [-0.25, -0.2) is 0 Å². The van der Waals surface area contributed by atoms with Crippen molar-refractivity contribution in [3.63, 3.8) is 0 Å². The summed E-state index contributed by atoms with van der Waals surface area (Å²) in [6, 6.07) is 6.55. The number of fused-ring (bicyclic) bond motifs is 1. The lowest BCUT2D eigenvalue weighted by atomic mass is 9.99. The molecule has 3 unspecified atom stereocenters. The molecule has 3 rings (SSSR count). The number of likely N-dealkylation sites (N-methyl/N-ethyl adjacent to an activating group) is 1. The Morgan fingerprint density at radius 1 is 1.53 bits per heavy atom. The summed E-state index contributed by atoms with van der Waals surface area (Å²) in [6.07, 6.45) is 2.27. The monoisotopic (exact) mass is 279 g/mol. The first-order valence-corrected chi connectivity index (χ1v) is 7.25. The first-order chi connectivity index (χ1) is 9.11. The van der Waals surface area contributed by atoms with Gasteiger partial charge in [0, 0.05) is 31.0 Å². The van der Waals surface area contributed by atoms with E-state index in [1.165, 1.54) is 11.1 Å². The van der Waals surface area contributed by atoms with Crippen molar-refractivity contribution in [2.75, 3.05) is 12.9 Å². The van der Waals surface area contributed by atoms with E-state index in [9.17, 15) is 4.79 Å². The number of benzene rings is 1. The Bertz CT molecular complexity index is 517. The van der Waals surface area contributed by atoms with E-state index in [-0.39, 0.29) is 17.9 Å². The zero-order valence-electron chi connectivity index (χ0n) is 11.2. The van der Waals surface area contributed by atoms with Gasteiger partial charge in [-0.05, 0) is 25.0 Å². The maximum atomic E-state index is 11.6. The molecule has 0 N–H and O–H groups in total. The minimum atomic E-state index is 0.00589. The maximum absolute atomic E-state index is 11.6. The van der Waals surface area contributed by atoms with Gasteiger partial charge < -0.3 is 9.64 Å². The first kappa shape index (κ1) is 12.8. The standard InChI is InChI=1S/C15H18ClNO2/c1-9-6-12-10(4-3-5-14(12)19-9)11-7-13(11)17(2)15(18)8-16/h3-5,9,11,13H,6-8H2,1-2H3. The molecule has 0 radical (unpaired) electrons. The summed E-state index contributed by atoms with van der Waals surface area (Å²) in [5, 5.41) is 0. The fourth-order valence-electron chi connectivity index (χ4n) is 3.03. The fourth-order valence-corrected chi connectivity index (χ4v) is 3.22. The molecule has 3 atom stereocenters. The molecule has 1 heterocycles. The molecule has 3 nitrogen and oxygen atoms in total. The lowest BCUT2D eigenvalue weighted by Gasteiger charge is -2.16. The summed E-state index contributed by atoms with van der Waals surface area (Å²) < 4.78 is 5.79. The van der Waals surface area contributed by atoms with Gasteiger partial charge in [0.15, 0.2) is 0 Å². The topological polar surface area (TPSA) is 29.5 Å². The van der Waals surface area contributed by atoms with Gasteiger partial charge in [0.1, 0.15) is 17.7 Å². The highest BCUT2D eigenvalue weighted by Crippen LogP contribution is 2.48. The van der Waals surface area contributed by atoms with E-state index >= 15 is 0 Å². The number of ether oxygens (including phenoxy) is 1. The van der Waals surface area contributed by atoms with Crippen LogP contribution in [0.15, 0.2) is 18.2 Å². The highest BCUT2D eigenvalue weighted by Gasteiger charge is 2.44. The third kappa shape index (κ3) is 2.20. The average molecular weight is 280 g/mol. The van der Waals surface area contributed by atoms with Crippen molar-refractivity contribution in [2.24, 2.45) is 0 Å². The van der Waals surface area contributed by atoms with E-state index in [0.717, 1.165) is 18.6 Å². The van der Waals surface area contributed by atoms with E-state index < -0.39 is 0 Å². The van der Waals surface area contributed by atoms with E-state index in [1.807, 2.05) is 19.2 Å². The number of halogens is 1. The van der Waals surface area contributed by atoms with Crippen LogP contribution >= 0.6 is 11.6 Å². The third-order valence-corrected chi connectivity index (χ3v) is 4.38. The van der Waals surface area contributed by atoms with Crippen LogP contribution in [0, 0.1) is 0 Å². The van der Waals surface area contributed by atoms with Gasteiger partial charge in [-0.15, -0.1) is 11.6 Å². The van der Waals surface area contributed by atoms with Crippen LogP contribution in [0.25, 0.3) is 0 Å². The summed E-state index contributed by atoms with van der Waals surface area (Å²) >= 11 is 5.61. The summed E-state index contributed by atoms with van der Waals surface area (Å²) in [7, 11) is 1.84. The van der Waals surface area contributed by atoms with Gasteiger partial charge in [0.25, 0.3) is 0 Å². The van der Waals surface area contributed by atoms with E-state index in [1.54, 1.807) is 4.90 Å². The molecule has 19 heavy (non-hydrogen) atoms. The number of rotatable bonds is 3. The summed E-state index contributed by atoms with van der Waals surface area (Å²) in [5.41, 5.74) is 2.68. The van der Waals surface area contributed by atoms with Crippen molar-refractivity contribution in [2.45, 2.75) is 37.8 Å². The van der Waals surface area contributed by atoms with Crippen LogP contribution in [0.2, 0.25) is 0 Å². The molecule has 1 amide bonds. The molecule has 1 aliphatic heterocycles. The lowest BCUT2D eigenvalue weighted by molar-refractivity contribution is -0.127. The second kappa shape index (κ2) is 4.71. The summed E-state index contributed by atoms with van der Waals surface area (Å²) in [4.78, 5) is 13.4. The van der Waals surface area contributed by atoms with Crippen molar-refractivity contribution in [3.8, 4) is 5.75 Å². The highest BCUT2D eigenvalue weighted by molar-refractivity contribution is 6.27. The molecule has 0 bridgehead atoms. The largest absolute Gasteiger partial charge is 0.490 e. The smallest absolute Gasteiger partial charge is 0.237 e. The quantitative estimate of drug-likeness (QED) is 0.796. The predicted octanol–water partition coefficient (Wildman–Crippen LogP) is 2.56. The molecular formula is C15H18ClNO2. The molecular weight excluding hydrogens is 262 g/mol. The Morgan fingerprint density at radius 3 is 3.05 bits per heavy atom. The normalized spacial score (nSPS) is 27.6. The number of nitrogens with zero attached hydrogens (tertiary/aromatic N) is 1. The Kier molecular flexibility index (Phi) is 3.17. The average Bonchev–Trinajstić information content (AvgIpc) is 3.10. The fraction of sp³-hybridized carbons (Fsp3) is 0.533. The minimum absolute atomic E-state index is 0.00589. The van der Waals surface area contributed by atoms with Crippen LogP contribution in [-0.2, 0) is 11.2 Å². The number of hydrogen-bond donors (Lipinski definition) is 0. The van der Waals surface area contributed by atoms with Crippen molar-refractivity contribution >= 4 is 17.5 Å². The number of carbonyl (C=O) groups excluding carboxylic acids is 1. The van der Waals surface area contributed by atoms with Crippen LogP contribution in [0.3, 0.4) is 0 Å². The minimum Gasteiger partial charge on any atom is -0.490 e. The van der Waals surface area contributed by atoms with Crippen molar-refractivity contribution in [1.82, 2.24) is 4.90 Å². The van der Waals surface area contributed by atoms with Crippen LogP contribution in [0.5, 0.6) is 5.75 Å². The molecule has 1 saturated carbocycles. The number of alkyl halides is 1. The Labute approximate surface area is 118 Å². The third-order valence-electron chi connectivity index (χ3n) is 4.15. The van der Waals surface area contributed by atoms with E-state index in [0.29, 0.717) is 12.0 Å². The van der Waals surface area contributed by atoms with Crippen molar-refractivity contribution < 1.29 is 9.53 Å². The second-order valence-electron chi connectivity index (χ2n) is 5.50. The second-order valence-corrected chi connectivity index (χ2v) is 5.77. The van der Waals surface area contributed by atoms with Crippen LogP contribution in [0.4, 0.5) is 0 Å². The molecule has 4 heteroatoms. The predicted molar refractivity (Wildman–Crippen MR) is 74.9 cm³/mol. The summed E-state index contributed by atoms with van der Waals surface area (Å²) in [5.74, 6) is 1.53. The Morgan fingerprint density at radius 2 is 2.32 bits per heavy atom. The molecule has 1 aromatic rings. The Balaban J connectivity index is 1.80. The zero-order chi connectivity index (χ0) is 13.6. The molecule has 102 valence electrons. The molecule has 1 fully saturated rings. The number of amides is 1. The number of carbonyl (C=O) groups is 1. The van der Waals surface area contributed by atoms with Gasteiger partial charge in [-0.3, -0.25) is 4.79 Å². The highest BCUT2D eigenvalue weighted by atomic mass is 35.5. The van der Waals surface area contributed by atoms with Crippen molar-refractivity contribution in [1.29, 1.82) is 0 Å². The van der Waals surface area contributed by atoms with Gasteiger partial charge in [0.05, 0.1) is 0 Å². The van der Waals surface area contributed by atoms with Gasteiger partial charge >= 0.3 is 0 Å². The van der Waals surface area contributed by atoms with Crippen molar-refractivity contribution in [3.05, 3.63) is 29.3 Å².